The standard InChI is InChI=1S/C13H15NO3S/c1-17-11-5-4-10(8-12(11)18(2,15)16)13(9-14)6-3-7-13/h4-5,8H,3,6-7H2,1-2H3. The molecule has 0 atom stereocenters. The summed E-state index contributed by atoms with van der Waals surface area (Å²) in [5.74, 6) is 0.327. The molecule has 0 unspecified atom stereocenters. The molecule has 1 aromatic rings. The highest BCUT2D eigenvalue weighted by molar-refractivity contribution is 7.90. The van der Waals surface area contributed by atoms with E-state index in [1.54, 1.807) is 18.2 Å². The van der Waals surface area contributed by atoms with Gasteiger partial charge in [-0.15, -0.1) is 0 Å². The molecule has 0 N–H and O–H groups in total. The number of rotatable bonds is 3. The zero-order valence-corrected chi connectivity index (χ0v) is 11.3. The quantitative estimate of drug-likeness (QED) is 0.838. The van der Waals surface area contributed by atoms with Crippen LogP contribution in [-0.4, -0.2) is 21.8 Å². The third-order valence-electron chi connectivity index (χ3n) is 3.54. The van der Waals surface area contributed by atoms with Gasteiger partial charge in [-0.25, -0.2) is 8.42 Å². The van der Waals surface area contributed by atoms with Crippen molar-refractivity contribution in [3.05, 3.63) is 23.8 Å². The van der Waals surface area contributed by atoms with E-state index in [1.807, 2.05) is 0 Å². The maximum atomic E-state index is 11.7. The molecule has 4 nitrogen and oxygen atoms in total. The molecule has 2 rings (SSSR count). The molecule has 0 radical (unpaired) electrons. The third-order valence-corrected chi connectivity index (χ3v) is 4.65. The van der Waals surface area contributed by atoms with Crippen molar-refractivity contribution in [1.29, 1.82) is 5.26 Å². The molecule has 1 fully saturated rings. The first-order valence-electron chi connectivity index (χ1n) is 5.73. The van der Waals surface area contributed by atoms with Crippen LogP contribution < -0.4 is 4.74 Å². The van der Waals surface area contributed by atoms with Gasteiger partial charge in [-0.1, -0.05) is 6.07 Å². The summed E-state index contributed by atoms with van der Waals surface area (Å²) >= 11 is 0. The number of nitrogens with zero attached hydrogens (tertiary/aromatic N) is 1. The molecule has 96 valence electrons. The molecular weight excluding hydrogens is 250 g/mol. The third kappa shape index (κ3) is 1.97. The number of ether oxygens (including phenoxy) is 1. The summed E-state index contributed by atoms with van der Waals surface area (Å²) in [6, 6.07) is 7.31. The topological polar surface area (TPSA) is 67.2 Å². The van der Waals surface area contributed by atoms with Crippen molar-refractivity contribution in [2.75, 3.05) is 13.4 Å². The van der Waals surface area contributed by atoms with Gasteiger partial charge in [0.2, 0.25) is 0 Å². The van der Waals surface area contributed by atoms with E-state index in [0.717, 1.165) is 31.1 Å². The van der Waals surface area contributed by atoms with Crippen molar-refractivity contribution >= 4 is 9.84 Å². The molecule has 1 aliphatic rings. The second-order valence-electron chi connectivity index (χ2n) is 4.69. The Labute approximate surface area is 107 Å². The van der Waals surface area contributed by atoms with E-state index >= 15 is 0 Å². The Morgan fingerprint density at radius 1 is 1.39 bits per heavy atom. The van der Waals surface area contributed by atoms with Gasteiger partial charge in [0.25, 0.3) is 0 Å². The zero-order valence-electron chi connectivity index (χ0n) is 10.4. The lowest BCUT2D eigenvalue weighted by atomic mass is 9.65. The van der Waals surface area contributed by atoms with Crippen molar-refractivity contribution in [2.45, 2.75) is 29.6 Å². The highest BCUT2D eigenvalue weighted by Gasteiger charge is 2.39. The fourth-order valence-corrected chi connectivity index (χ4v) is 3.12. The van der Waals surface area contributed by atoms with Crippen LogP contribution >= 0.6 is 0 Å². The minimum absolute atomic E-state index is 0.157. The highest BCUT2D eigenvalue weighted by Crippen LogP contribution is 2.44. The monoisotopic (exact) mass is 265 g/mol. The van der Waals surface area contributed by atoms with Gasteiger partial charge in [-0.05, 0) is 37.0 Å². The number of nitriles is 1. The van der Waals surface area contributed by atoms with E-state index in [-0.39, 0.29) is 4.90 Å². The largest absolute Gasteiger partial charge is 0.495 e. The number of benzene rings is 1. The Bertz CT molecular complexity index is 610. The average molecular weight is 265 g/mol. The van der Waals surface area contributed by atoms with Crippen molar-refractivity contribution in [2.24, 2.45) is 0 Å². The van der Waals surface area contributed by atoms with E-state index < -0.39 is 15.3 Å². The lowest BCUT2D eigenvalue weighted by molar-refractivity contribution is 0.322. The maximum absolute atomic E-state index is 11.7. The lowest BCUT2D eigenvalue weighted by Gasteiger charge is -2.35. The van der Waals surface area contributed by atoms with Gasteiger partial charge in [0.1, 0.15) is 10.6 Å². The molecule has 0 amide bonds. The van der Waals surface area contributed by atoms with Crippen LogP contribution in [0.4, 0.5) is 0 Å². The van der Waals surface area contributed by atoms with Crippen LogP contribution in [0.1, 0.15) is 24.8 Å². The lowest BCUT2D eigenvalue weighted by Crippen LogP contribution is -2.32. The van der Waals surface area contributed by atoms with E-state index in [9.17, 15) is 13.7 Å². The molecule has 0 heterocycles. The second kappa shape index (κ2) is 4.29. The van der Waals surface area contributed by atoms with Gasteiger partial charge in [0.15, 0.2) is 9.84 Å². The van der Waals surface area contributed by atoms with E-state index in [0.29, 0.717) is 5.75 Å². The predicted octanol–water partition coefficient (Wildman–Crippen LogP) is 2.04. The number of hydrogen-bond acceptors (Lipinski definition) is 4. The molecule has 0 spiro atoms. The van der Waals surface area contributed by atoms with Crippen LogP contribution in [0.2, 0.25) is 0 Å². The molecule has 1 aromatic carbocycles. The fourth-order valence-electron chi connectivity index (χ4n) is 2.26. The van der Waals surface area contributed by atoms with Crippen LogP contribution in [0.5, 0.6) is 5.75 Å². The van der Waals surface area contributed by atoms with Gasteiger partial charge in [-0.2, -0.15) is 5.26 Å². The van der Waals surface area contributed by atoms with Crippen LogP contribution in [0.3, 0.4) is 0 Å². The molecule has 1 aliphatic carbocycles. The average Bonchev–Trinajstić information content (AvgIpc) is 2.27. The predicted molar refractivity (Wildman–Crippen MR) is 67.2 cm³/mol. The smallest absolute Gasteiger partial charge is 0.179 e. The fraction of sp³-hybridized carbons (Fsp3) is 0.462. The number of hydrogen-bond donors (Lipinski definition) is 0. The molecule has 5 heteroatoms. The van der Waals surface area contributed by atoms with Crippen LogP contribution in [0, 0.1) is 11.3 Å². The van der Waals surface area contributed by atoms with Gasteiger partial charge >= 0.3 is 0 Å². The summed E-state index contributed by atoms with van der Waals surface area (Å²) in [7, 11) is -1.92. The highest BCUT2D eigenvalue weighted by atomic mass is 32.2. The van der Waals surface area contributed by atoms with E-state index in [1.165, 1.54) is 7.11 Å². The molecule has 18 heavy (non-hydrogen) atoms. The molecular formula is C13H15NO3S. The molecule has 0 aliphatic heterocycles. The molecule has 0 bridgehead atoms. The van der Waals surface area contributed by atoms with Crippen molar-refractivity contribution in [3.8, 4) is 11.8 Å². The first-order valence-corrected chi connectivity index (χ1v) is 7.62. The summed E-state index contributed by atoms with van der Waals surface area (Å²) in [5.41, 5.74) is 0.267. The molecule has 0 saturated heterocycles. The zero-order chi connectivity index (χ0) is 13.4. The van der Waals surface area contributed by atoms with Gasteiger partial charge < -0.3 is 4.74 Å². The van der Waals surface area contributed by atoms with E-state index in [4.69, 9.17) is 4.74 Å². The first-order chi connectivity index (χ1) is 8.43. The summed E-state index contributed by atoms with van der Waals surface area (Å²) in [6.07, 6.45) is 3.74. The van der Waals surface area contributed by atoms with Gasteiger partial charge in [0, 0.05) is 6.26 Å². The van der Waals surface area contributed by atoms with E-state index in [2.05, 4.69) is 6.07 Å². The van der Waals surface area contributed by atoms with Crippen molar-refractivity contribution < 1.29 is 13.2 Å². The van der Waals surface area contributed by atoms with Crippen molar-refractivity contribution in [3.63, 3.8) is 0 Å². The summed E-state index contributed by atoms with van der Waals surface area (Å²) < 4.78 is 28.5. The minimum atomic E-state index is -3.36. The summed E-state index contributed by atoms with van der Waals surface area (Å²) in [4.78, 5) is 0.157. The van der Waals surface area contributed by atoms with Gasteiger partial charge in [-0.3, -0.25) is 0 Å². The summed E-state index contributed by atoms with van der Waals surface area (Å²) in [6.45, 7) is 0. The normalized spacial score (nSPS) is 17.6. The Morgan fingerprint density at radius 3 is 2.44 bits per heavy atom. The Morgan fingerprint density at radius 2 is 2.06 bits per heavy atom. The number of sulfone groups is 1. The summed E-state index contributed by atoms with van der Waals surface area (Å²) in [5, 5.41) is 9.28. The first kappa shape index (κ1) is 12.9. The Kier molecular flexibility index (Phi) is 3.07. The Hall–Kier alpha value is -1.54. The number of methoxy groups -OCH3 is 1. The van der Waals surface area contributed by atoms with Crippen molar-refractivity contribution in [1.82, 2.24) is 0 Å². The van der Waals surface area contributed by atoms with Crippen LogP contribution in [-0.2, 0) is 15.3 Å². The SMILES string of the molecule is COc1ccc(C2(C#N)CCC2)cc1S(C)(=O)=O. The molecule has 1 saturated carbocycles. The maximum Gasteiger partial charge on any atom is 0.179 e. The minimum Gasteiger partial charge on any atom is -0.495 e. The second-order valence-corrected chi connectivity index (χ2v) is 6.67. The Balaban J connectivity index is 2.57. The van der Waals surface area contributed by atoms with Gasteiger partial charge in [0.05, 0.1) is 18.6 Å². The van der Waals surface area contributed by atoms with Crippen LogP contribution in [0.15, 0.2) is 23.1 Å². The van der Waals surface area contributed by atoms with Crippen LogP contribution in [0.25, 0.3) is 0 Å². The molecule has 0 aromatic heterocycles.